The van der Waals surface area contributed by atoms with Crippen LogP contribution < -0.4 is 5.73 Å². The normalized spacial score (nSPS) is 7.80. The van der Waals surface area contributed by atoms with E-state index in [0.717, 1.165) is 5.69 Å². The Morgan fingerprint density at radius 1 is 1.60 bits per heavy atom. The van der Waals surface area contributed by atoms with Gasteiger partial charge in [-0.3, -0.25) is 0 Å². The molecule has 5 heteroatoms. The number of halogens is 2. The molecule has 1 heterocycles. The van der Waals surface area contributed by atoms with Gasteiger partial charge in [-0.15, -0.1) is 24.8 Å². The van der Waals surface area contributed by atoms with Crippen LogP contribution in [-0.2, 0) is 6.54 Å². The maximum absolute atomic E-state index is 5.24. The first-order chi connectivity index (χ1) is 3.83. The van der Waals surface area contributed by atoms with Crippen molar-refractivity contribution in [3.8, 4) is 0 Å². The molecule has 3 nitrogen and oxygen atoms in total. The number of aromatic nitrogens is 1. The van der Waals surface area contributed by atoms with E-state index in [9.17, 15) is 0 Å². The minimum Gasteiger partial charge on any atom is -0.449 e. The standard InChI is InChI=1S/C5H8N2O.2ClH/c1-4-7-5(2-6)3-8-4;;/h3H,2,6H2,1H3;2*1H. The number of rotatable bonds is 1. The van der Waals surface area contributed by atoms with Gasteiger partial charge in [-0.25, -0.2) is 4.98 Å². The largest absolute Gasteiger partial charge is 0.449 e. The smallest absolute Gasteiger partial charge is 0.191 e. The molecule has 0 unspecified atom stereocenters. The molecule has 0 bridgehead atoms. The fourth-order valence-electron chi connectivity index (χ4n) is 0.502. The number of nitrogens with two attached hydrogens (primary N) is 1. The number of aryl methyl sites for hydroxylation is 1. The second-order valence-electron chi connectivity index (χ2n) is 1.56. The zero-order chi connectivity index (χ0) is 5.98. The minimum atomic E-state index is 0. The Balaban J connectivity index is 0. The predicted molar refractivity (Wildman–Crippen MR) is 43.6 cm³/mol. The maximum atomic E-state index is 5.24. The molecule has 0 fully saturated rings. The van der Waals surface area contributed by atoms with Gasteiger partial charge in [0, 0.05) is 13.5 Å². The summed E-state index contributed by atoms with van der Waals surface area (Å²) < 4.78 is 4.86. The monoisotopic (exact) mass is 184 g/mol. The van der Waals surface area contributed by atoms with E-state index in [4.69, 9.17) is 10.2 Å². The van der Waals surface area contributed by atoms with Crippen LogP contribution in [0.3, 0.4) is 0 Å². The quantitative estimate of drug-likeness (QED) is 0.716. The van der Waals surface area contributed by atoms with E-state index in [0.29, 0.717) is 12.4 Å². The van der Waals surface area contributed by atoms with E-state index in [2.05, 4.69) is 4.98 Å². The lowest BCUT2D eigenvalue weighted by molar-refractivity contribution is 0.520. The summed E-state index contributed by atoms with van der Waals surface area (Å²) in [6.45, 7) is 2.25. The third-order valence-corrected chi connectivity index (χ3v) is 0.876. The van der Waals surface area contributed by atoms with Gasteiger partial charge in [-0.2, -0.15) is 0 Å². The highest BCUT2D eigenvalue weighted by atomic mass is 35.5. The van der Waals surface area contributed by atoms with Crippen LogP contribution in [-0.4, -0.2) is 4.98 Å². The molecule has 1 rings (SSSR count). The van der Waals surface area contributed by atoms with Crippen molar-refractivity contribution in [2.24, 2.45) is 5.73 Å². The van der Waals surface area contributed by atoms with Gasteiger partial charge in [-0.05, 0) is 0 Å². The van der Waals surface area contributed by atoms with Crippen molar-refractivity contribution in [3.05, 3.63) is 17.8 Å². The van der Waals surface area contributed by atoms with Gasteiger partial charge in [0.05, 0.1) is 5.69 Å². The van der Waals surface area contributed by atoms with E-state index in [1.807, 2.05) is 0 Å². The van der Waals surface area contributed by atoms with Crippen molar-refractivity contribution in [1.82, 2.24) is 4.98 Å². The zero-order valence-corrected chi connectivity index (χ0v) is 7.17. The topological polar surface area (TPSA) is 52.0 Å². The zero-order valence-electron chi connectivity index (χ0n) is 5.53. The van der Waals surface area contributed by atoms with Gasteiger partial charge in [0.1, 0.15) is 6.26 Å². The molecule has 10 heavy (non-hydrogen) atoms. The number of nitrogens with zero attached hydrogens (tertiary/aromatic N) is 1. The van der Waals surface area contributed by atoms with Crippen molar-refractivity contribution in [2.75, 3.05) is 0 Å². The van der Waals surface area contributed by atoms with Crippen LogP contribution in [0.1, 0.15) is 11.6 Å². The Hall–Kier alpha value is -0.250. The summed E-state index contributed by atoms with van der Waals surface area (Å²) in [5, 5.41) is 0. The first kappa shape index (κ1) is 12.4. The Morgan fingerprint density at radius 2 is 2.20 bits per heavy atom. The van der Waals surface area contributed by atoms with E-state index in [1.165, 1.54) is 0 Å². The van der Waals surface area contributed by atoms with Gasteiger partial charge >= 0.3 is 0 Å². The molecule has 0 atom stereocenters. The van der Waals surface area contributed by atoms with Gasteiger partial charge in [0.25, 0.3) is 0 Å². The second-order valence-corrected chi connectivity index (χ2v) is 1.56. The van der Waals surface area contributed by atoms with Gasteiger partial charge in [0.15, 0.2) is 5.89 Å². The molecule has 2 N–H and O–H groups in total. The van der Waals surface area contributed by atoms with E-state index in [1.54, 1.807) is 13.2 Å². The molecule has 0 aliphatic heterocycles. The molecule has 0 spiro atoms. The molecule has 60 valence electrons. The highest BCUT2D eigenvalue weighted by Gasteiger charge is 1.92. The molecule has 1 aromatic rings. The van der Waals surface area contributed by atoms with Crippen LogP contribution in [0.4, 0.5) is 0 Å². The van der Waals surface area contributed by atoms with Crippen molar-refractivity contribution in [3.63, 3.8) is 0 Å². The predicted octanol–water partition coefficient (Wildman–Crippen LogP) is 1.29. The van der Waals surface area contributed by atoms with Gasteiger partial charge < -0.3 is 10.2 Å². The first-order valence-corrected chi connectivity index (χ1v) is 2.44. The molecule has 0 amide bonds. The lowest BCUT2D eigenvalue weighted by Crippen LogP contribution is -1.95. The summed E-state index contributed by atoms with van der Waals surface area (Å²) in [4.78, 5) is 3.94. The van der Waals surface area contributed by atoms with Crippen LogP contribution in [0.5, 0.6) is 0 Å². The summed E-state index contributed by atoms with van der Waals surface area (Å²) in [6.07, 6.45) is 1.56. The number of hydrogen-bond acceptors (Lipinski definition) is 3. The van der Waals surface area contributed by atoms with Gasteiger partial charge in [0.2, 0.25) is 0 Å². The fraction of sp³-hybridized carbons (Fsp3) is 0.400. The molecular weight excluding hydrogens is 175 g/mol. The van der Waals surface area contributed by atoms with Crippen molar-refractivity contribution >= 4 is 24.8 Å². The van der Waals surface area contributed by atoms with Crippen molar-refractivity contribution in [1.29, 1.82) is 0 Å². The Bertz CT molecular complexity index is 178. The average Bonchev–Trinajstić information content (AvgIpc) is 2.14. The summed E-state index contributed by atoms with van der Waals surface area (Å²) in [6, 6.07) is 0. The van der Waals surface area contributed by atoms with Crippen LogP contribution in [0.15, 0.2) is 10.7 Å². The van der Waals surface area contributed by atoms with Crippen molar-refractivity contribution in [2.45, 2.75) is 13.5 Å². The maximum Gasteiger partial charge on any atom is 0.191 e. The first-order valence-electron chi connectivity index (χ1n) is 2.44. The van der Waals surface area contributed by atoms with Crippen LogP contribution in [0.25, 0.3) is 0 Å². The number of oxazole rings is 1. The third kappa shape index (κ3) is 3.06. The van der Waals surface area contributed by atoms with E-state index >= 15 is 0 Å². The van der Waals surface area contributed by atoms with E-state index < -0.39 is 0 Å². The van der Waals surface area contributed by atoms with E-state index in [-0.39, 0.29) is 24.8 Å². The molecular formula is C5H10Cl2N2O. The van der Waals surface area contributed by atoms with Crippen LogP contribution in [0, 0.1) is 6.92 Å². The lowest BCUT2D eigenvalue weighted by atomic mass is 10.5. The highest BCUT2D eigenvalue weighted by Crippen LogP contribution is 1.96. The fourth-order valence-corrected chi connectivity index (χ4v) is 0.502. The molecule has 0 aliphatic carbocycles. The van der Waals surface area contributed by atoms with Gasteiger partial charge in [-0.1, -0.05) is 0 Å². The summed E-state index contributed by atoms with van der Waals surface area (Å²) in [7, 11) is 0. The molecule has 0 saturated carbocycles. The van der Waals surface area contributed by atoms with Crippen molar-refractivity contribution < 1.29 is 4.42 Å². The second kappa shape index (κ2) is 5.53. The van der Waals surface area contributed by atoms with Crippen LogP contribution in [0.2, 0.25) is 0 Å². The lowest BCUT2D eigenvalue weighted by Gasteiger charge is -1.77. The molecule has 1 aromatic heterocycles. The molecule has 0 aliphatic rings. The number of hydrogen-bond donors (Lipinski definition) is 1. The summed E-state index contributed by atoms with van der Waals surface area (Å²) >= 11 is 0. The SMILES string of the molecule is Cc1nc(CN)co1.Cl.Cl. The third-order valence-electron chi connectivity index (χ3n) is 0.876. The Morgan fingerprint density at radius 3 is 2.40 bits per heavy atom. The Kier molecular flexibility index (Phi) is 6.87. The Labute approximate surface area is 71.8 Å². The highest BCUT2D eigenvalue weighted by molar-refractivity contribution is 5.85. The average molecular weight is 185 g/mol. The molecule has 0 radical (unpaired) electrons. The molecule has 0 saturated heterocycles. The summed E-state index contributed by atoms with van der Waals surface area (Å²) in [5.74, 6) is 0.672. The van der Waals surface area contributed by atoms with Crippen LogP contribution >= 0.6 is 24.8 Å². The molecule has 0 aromatic carbocycles. The summed E-state index contributed by atoms with van der Waals surface area (Å²) in [5.41, 5.74) is 6.05. The minimum absolute atomic E-state index is 0.